The lowest BCUT2D eigenvalue weighted by Crippen LogP contribution is -2.52. The van der Waals surface area contributed by atoms with Crippen molar-refractivity contribution in [3.8, 4) is 11.5 Å². The normalized spacial score (nSPS) is 18.2. The number of aromatic hydroxyl groups is 1. The van der Waals surface area contributed by atoms with Crippen molar-refractivity contribution in [3.05, 3.63) is 125 Å². The first kappa shape index (κ1) is 35.0. The van der Waals surface area contributed by atoms with Gasteiger partial charge in [-0.25, -0.2) is 0 Å². The highest BCUT2D eigenvalue weighted by molar-refractivity contribution is 6.05. The van der Waals surface area contributed by atoms with Crippen molar-refractivity contribution in [2.75, 3.05) is 44.2 Å². The highest BCUT2D eigenvalue weighted by Crippen LogP contribution is 2.36. The maximum atomic E-state index is 13.1. The number of nitrogens with one attached hydrogen (secondary N) is 1. The molecule has 3 amide bonds. The number of ether oxygens (including phenoxy) is 1. The van der Waals surface area contributed by atoms with Gasteiger partial charge in [0, 0.05) is 50.4 Å². The monoisotopic (exact) mass is 698 g/mol. The summed E-state index contributed by atoms with van der Waals surface area (Å²) < 4.78 is 6.16. The van der Waals surface area contributed by atoms with Gasteiger partial charge < -0.3 is 19.6 Å². The van der Waals surface area contributed by atoms with E-state index in [9.17, 15) is 19.5 Å². The van der Waals surface area contributed by atoms with Gasteiger partial charge in [0.2, 0.25) is 11.8 Å². The molecule has 3 aliphatic heterocycles. The van der Waals surface area contributed by atoms with E-state index >= 15 is 0 Å². The standard InChI is InChI=1S/C43H46N4O5/c1-2-37(30-8-4-3-5-9-30)41(31-10-15-35(48)16-11-31)32-12-17-36(18-13-32)52-27-7-6-22-45-23-25-46(26-24-45)34-14-19-38-33(28-34)29-47(43(38)51)39-20-21-40(49)44-42(39)50/h3-5,8-19,28,39,48H,2,6-7,20-27,29H2,1H3,(H,44,49,50)/b41-37-/t39-/m0/s1. The average Bonchev–Trinajstić information content (AvgIpc) is 3.50. The van der Waals surface area contributed by atoms with Gasteiger partial charge in [-0.05, 0) is 108 Å². The van der Waals surface area contributed by atoms with E-state index in [1.54, 1.807) is 17.0 Å². The molecule has 9 nitrogen and oxygen atoms in total. The fourth-order valence-electron chi connectivity index (χ4n) is 7.64. The summed E-state index contributed by atoms with van der Waals surface area (Å²) in [6.07, 6.45) is 3.52. The van der Waals surface area contributed by atoms with E-state index in [-0.39, 0.29) is 29.9 Å². The molecule has 1 atom stereocenters. The molecule has 0 bridgehead atoms. The molecule has 4 aromatic rings. The SMILES string of the molecule is CC/C(=C(\c1ccc(O)cc1)c1ccc(OCCCCN2CCN(c3ccc4c(c3)CN([C@H]3CCC(=O)NC3=O)C4=O)CC2)cc1)c1ccccc1. The van der Waals surface area contributed by atoms with E-state index in [1.165, 1.54) is 11.1 Å². The number of amides is 3. The summed E-state index contributed by atoms with van der Waals surface area (Å²) in [6.45, 7) is 8.03. The molecular weight excluding hydrogens is 652 g/mol. The topological polar surface area (TPSA) is 102 Å². The van der Waals surface area contributed by atoms with Crippen LogP contribution in [0.4, 0.5) is 5.69 Å². The number of benzene rings is 4. The summed E-state index contributed by atoms with van der Waals surface area (Å²) in [5.74, 6) is 0.319. The van der Waals surface area contributed by atoms with E-state index in [0.29, 0.717) is 25.1 Å². The minimum atomic E-state index is -0.595. The molecule has 0 spiro atoms. The number of piperidine rings is 1. The minimum Gasteiger partial charge on any atom is -0.508 e. The first-order chi connectivity index (χ1) is 25.4. The number of anilines is 1. The number of nitrogens with zero attached hydrogens (tertiary/aromatic N) is 3. The van der Waals surface area contributed by atoms with Gasteiger partial charge >= 0.3 is 0 Å². The molecule has 9 heteroatoms. The van der Waals surface area contributed by atoms with Crippen LogP contribution in [0.15, 0.2) is 97.1 Å². The van der Waals surface area contributed by atoms with Crippen LogP contribution in [0.2, 0.25) is 0 Å². The van der Waals surface area contributed by atoms with Crippen LogP contribution in [0.25, 0.3) is 11.1 Å². The third-order valence-electron chi connectivity index (χ3n) is 10.5. The molecule has 2 fully saturated rings. The van der Waals surface area contributed by atoms with Gasteiger partial charge in [0.05, 0.1) is 6.61 Å². The molecule has 52 heavy (non-hydrogen) atoms. The molecule has 268 valence electrons. The van der Waals surface area contributed by atoms with Crippen LogP contribution in [0.5, 0.6) is 11.5 Å². The molecule has 0 radical (unpaired) electrons. The number of carbonyl (C=O) groups is 3. The fourth-order valence-corrected chi connectivity index (χ4v) is 7.64. The Kier molecular flexibility index (Phi) is 10.7. The van der Waals surface area contributed by atoms with E-state index in [0.717, 1.165) is 85.7 Å². The molecule has 7 rings (SSSR count). The van der Waals surface area contributed by atoms with Gasteiger partial charge in [-0.2, -0.15) is 0 Å². The molecule has 3 heterocycles. The molecular formula is C43H46N4O5. The number of piperazine rings is 1. The molecule has 2 saturated heterocycles. The summed E-state index contributed by atoms with van der Waals surface area (Å²) in [5, 5.41) is 12.3. The van der Waals surface area contributed by atoms with E-state index in [1.807, 2.05) is 30.3 Å². The van der Waals surface area contributed by atoms with E-state index in [2.05, 4.69) is 76.6 Å². The predicted molar refractivity (Wildman–Crippen MR) is 203 cm³/mol. The molecule has 0 saturated carbocycles. The number of unbranched alkanes of at least 4 members (excludes halogenated alkanes) is 1. The largest absolute Gasteiger partial charge is 0.508 e. The van der Waals surface area contributed by atoms with Crippen molar-refractivity contribution in [1.82, 2.24) is 15.1 Å². The van der Waals surface area contributed by atoms with E-state index in [4.69, 9.17) is 4.74 Å². The highest BCUT2D eigenvalue weighted by Gasteiger charge is 2.39. The van der Waals surface area contributed by atoms with Crippen molar-refractivity contribution in [2.24, 2.45) is 0 Å². The molecule has 2 N–H and O–H groups in total. The van der Waals surface area contributed by atoms with Crippen molar-refractivity contribution >= 4 is 34.6 Å². The van der Waals surface area contributed by atoms with E-state index < -0.39 is 6.04 Å². The molecule has 0 aliphatic carbocycles. The number of rotatable bonds is 12. The van der Waals surface area contributed by atoms with Crippen LogP contribution in [0, 0.1) is 0 Å². The van der Waals surface area contributed by atoms with Gasteiger partial charge in [-0.1, -0.05) is 61.5 Å². The maximum absolute atomic E-state index is 13.1. The molecule has 0 aromatic heterocycles. The van der Waals surface area contributed by atoms with Gasteiger partial charge in [-0.15, -0.1) is 0 Å². The number of fused-ring (bicyclic) bond motifs is 1. The van der Waals surface area contributed by atoms with Crippen molar-refractivity contribution in [3.63, 3.8) is 0 Å². The first-order valence-corrected chi connectivity index (χ1v) is 18.4. The number of carbonyl (C=O) groups excluding carboxylic acids is 3. The Bertz CT molecular complexity index is 1930. The quantitative estimate of drug-likeness (QED) is 0.0990. The second kappa shape index (κ2) is 15.9. The molecule has 0 unspecified atom stereocenters. The zero-order valence-corrected chi connectivity index (χ0v) is 29.7. The fraction of sp³-hybridized carbons (Fsp3) is 0.326. The average molecular weight is 699 g/mol. The summed E-state index contributed by atoms with van der Waals surface area (Å²) in [5.41, 5.74) is 8.47. The lowest BCUT2D eigenvalue weighted by atomic mass is 9.88. The van der Waals surface area contributed by atoms with Crippen molar-refractivity contribution in [2.45, 2.75) is 51.6 Å². The third-order valence-corrected chi connectivity index (χ3v) is 10.5. The van der Waals surface area contributed by atoms with Crippen LogP contribution >= 0.6 is 0 Å². The van der Waals surface area contributed by atoms with Crippen molar-refractivity contribution in [1.29, 1.82) is 0 Å². The predicted octanol–water partition coefficient (Wildman–Crippen LogP) is 6.50. The Hall–Kier alpha value is -5.41. The van der Waals surface area contributed by atoms with Crippen molar-refractivity contribution < 1.29 is 24.2 Å². The molecule has 3 aliphatic rings. The van der Waals surface area contributed by atoms with Crippen LogP contribution in [-0.4, -0.2) is 78.0 Å². The summed E-state index contributed by atoms with van der Waals surface area (Å²) in [7, 11) is 0. The zero-order chi connectivity index (χ0) is 36.0. The lowest BCUT2D eigenvalue weighted by molar-refractivity contribution is -0.136. The third kappa shape index (κ3) is 7.75. The van der Waals surface area contributed by atoms with Gasteiger partial charge in [0.1, 0.15) is 17.5 Å². The Balaban J connectivity index is 0.878. The number of hydrogen-bond acceptors (Lipinski definition) is 7. The summed E-state index contributed by atoms with van der Waals surface area (Å²) in [6, 6.07) is 31.7. The summed E-state index contributed by atoms with van der Waals surface area (Å²) in [4.78, 5) is 43.5. The van der Waals surface area contributed by atoms with Crippen LogP contribution in [0.3, 0.4) is 0 Å². The highest BCUT2D eigenvalue weighted by atomic mass is 16.5. The number of phenolic OH excluding ortho intramolecular Hbond substituents is 1. The first-order valence-electron chi connectivity index (χ1n) is 18.4. The Morgan fingerprint density at radius 1 is 0.827 bits per heavy atom. The smallest absolute Gasteiger partial charge is 0.255 e. The summed E-state index contributed by atoms with van der Waals surface area (Å²) >= 11 is 0. The second-order valence-electron chi connectivity index (χ2n) is 13.8. The Morgan fingerprint density at radius 2 is 1.54 bits per heavy atom. The number of hydrogen-bond donors (Lipinski definition) is 2. The number of imide groups is 1. The lowest BCUT2D eigenvalue weighted by Gasteiger charge is -2.36. The Morgan fingerprint density at radius 3 is 2.23 bits per heavy atom. The van der Waals surface area contributed by atoms with Crippen LogP contribution in [-0.2, 0) is 16.1 Å². The van der Waals surface area contributed by atoms with Gasteiger partial charge in [-0.3, -0.25) is 24.6 Å². The van der Waals surface area contributed by atoms with Crippen LogP contribution < -0.4 is 15.0 Å². The number of allylic oxidation sites excluding steroid dienone is 1. The minimum absolute atomic E-state index is 0.136. The molecule has 4 aromatic carbocycles. The van der Waals surface area contributed by atoms with Crippen LogP contribution in [0.1, 0.15) is 71.6 Å². The van der Waals surface area contributed by atoms with Gasteiger partial charge in [0.15, 0.2) is 0 Å². The van der Waals surface area contributed by atoms with Gasteiger partial charge in [0.25, 0.3) is 5.91 Å². The zero-order valence-electron chi connectivity index (χ0n) is 29.7. The second-order valence-corrected chi connectivity index (χ2v) is 13.8. The number of phenols is 1. The maximum Gasteiger partial charge on any atom is 0.255 e. The Labute approximate surface area is 305 Å².